The Morgan fingerprint density at radius 3 is 2.23 bits per heavy atom. The quantitative estimate of drug-likeness (QED) is 0.787. The molecule has 2 amide bonds. The van der Waals surface area contributed by atoms with E-state index in [4.69, 9.17) is 0 Å². The van der Waals surface area contributed by atoms with Crippen LogP contribution in [0.5, 0.6) is 0 Å². The normalized spacial score (nSPS) is 29.1. The van der Waals surface area contributed by atoms with Crippen LogP contribution < -0.4 is 0 Å². The molecule has 3 fully saturated rings. The molecule has 0 aromatic carbocycles. The fourth-order valence-electron chi connectivity index (χ4n) is 3.87. The molecular weight excluding hydrogens is 276 g/mol. The van der Waals surface area contributed by atoms with Crippen molar-refractivity contribution in [2.45, 2.75) is 58.8 Å². The molecule has 2 saturated heterocycles. The van der Waals surface area contributed by atoms with Crippen molar-refractivity contribution in [2.75, 3.05) is 26.2 Å². The summed E-state index contributed by atoms with van der Waals surface area (Å²) in [5.74, 6) is 0.908. The van der Waals surface area contributed by atoms with Crippen LogP contribution in [0.1, 0.15) is 58.8 Å². The van der Waals surface area contributed by atoms with Crippen LogP contribution in [0.4, 0.5) is 0 Å². The molecule has 1 unspecified atom stereocenters. The fourth-order valence-corrected chi connectivity index (χ4v) is 3.87. The minimum absolute atomic E-state index is 0.0395. The molecule has 1 aliphatic carbocycles. The molecule has 0 spiro atoms. The number of carbonyl (C=O) groups is 2. The second-order valence-electron chi connectivity index (χ2n) is 8.24. The van der Waals surface area contributed by atoms with Crippen molar-refractivity contribution in [3.63, 3.8) is 0 Å². The van der Waals surface area contributed by atoms with Gasteiger partial charge in [0.25, 0.3) is 0 Å². The molecule has 0 aromatic heterocycles. The lowest BCUT2D eigenvalue weighted by molar-refractivity contribution is -0.141. The third kappa shape index (κ3) is 3.64. The molecule has 3 rings (SSSR count). The summed E-state index contributed by atoms with van der Waals surface area (Å²) in [6.45, 7) is 7.91. The maximum Gasteiger partial charge on any atom is 0.227 e. The lowest BCUT2D eigenvalue weighted by Gasteiger charge is -2.35. The number of carbonyl (C=O) groups excluding carboxylic acids is 2. The molecule has 0 aromatic rings. The molecule has 0 radical (unpaired) electrons. The van der Waals surface area contributed by atoms with Crippen molar-refractivity contribution in [1.29, 1.82) is 0 Å². The highest BCUT2D eigenvalue weighted by molar-refractivity contribution is 5.83. The van der Waals surface area contributed by atoms with Gasteiger partial charge in [-0.15, -0.1) is 0 Å². The molecule has 3 aliphatic rings. The number of piperidine rings is 1. The zero-order chi connectivity index (χ0) is 15.7. The molecule has 4 heteroatoms. The van der Waals surface area contributed by atoms with Crippen LogP contribution in [0.2, 0.25) is 0 Å². The van der Waals surface area contributed by atoms with Gasteiger partial charge in [-0.1, -0.05) is 13.8 Å². The van der Waals surface area contributed by atoms with E-state index in [0.29, 0.717) is 23.8 Å². The van der Waals surface area contributed by atoms with Gasteiger partial charge in [-0.3, -0.25) is 9.59 Å². The third-order valence-corrected chi connectivity index (χ3v) is 5.66. The third-order valence-electron chi connectivity index (χ3n) is 5.66. The van der Waals surface area contributed by atoms with Gasteiger partial charge in [-0.25, -0.2) is 0 Å². The highest BCUT2D eigenvalue weighted by Crippen LogP contribution is 2.33. The van der Waals surface area contributed by atoms with Crippen LogP contribution in [-0.4, -0.2) is 47.8 Å². The van der Waals surface area contributed by atoms with Gasteiger partial charge >= 0.3 is 0 Å². The Bertz CT molecular complexity index is 442. The summed E-state index contributed by atoms with van der Waals surface area (Å²) in [6, 6.07) is 0. The molecule has 1 saturated carbocycles. The monoisotopic (exact) mass is 306 g/mol. The summed E-state index contributed by atoms with van der Waals surface area (Å²) < 4.78 is 0. The average Bonchev–Trinajstić information content (AvgIpc) is 3.34. The number of rotatable bonds is 2. The van der Waals surface area contributed by atoms with E-state index in [1.54, 1.807) is 0 Å². The first-order valence-electron chi connectivity index (χ1n) is 9.04. The Labute approximate surface area is 134 Å². The van der Waals surface area contributed by atoms with Gasteiger partial charge in [0.05, 0.1) is 5.92 Å². The first-order chi connectivity index (χ1) is 10.5. The van der Waals surface area contributed by atoms with Crippen molar-refractivity contribution in [3.8, 4) is 0 Å². The Kier molecular flexibility index (Phi) is 4.47. The van der Waals surface area contributed by atoms with E-state index in [-0.39, 0.29) is 11.8 Å². The molecule has 2 heterocycles. The van der Waals surface area contributed by atoms with Gasteiger partial charge < -0.3 is 9.80 Å². The summed E-state index contributed by atoms with van der Waals surface area (Å²) in [4.78, 5) is 29.1. The fraction of sp³-hybridized carbons (Fsp3) is 0.889. The van der Waals surface area contributed by atoms with Crippen molar-refractivity contribution in [1.82, 2.24) is 9.80 Å². The van der Waals surface area contributed by atoms with Crippen LogP contribution in [0, 0.1) is 17.3 Å². The number of hydrogen-bond acceptors (Lipinski definition) is 2. The molecular formula is C18H30N2O2. The maximum absolute atomic E-state index is 12.9. The Hall–Kier alpha value is -1.06. The lowest BCUT2D eigenvalue weighted by atomic mass is 9.85. The van der Waals surface area contributed by atoms with Crippen LogP contribution in [0.3, 0.4) is 0 Å². The largest absolute Gasteiger partial charge is 0.342 e. The predicted molar refractivity (Wildman–Crippen MR) is 86.2 cm³/mol. The van der Waals surface area contributed by atoms with Gasteiger partial charge in [-0.2, -0.15) is 0 Å². The number of likely N-dealkylation sites (tertiary alicyclic amines) is 2. The van der Waals surface area contributed by atoms with Crippen molar-refractivity contribution >= 4 is 11.8 Å². The van der Waals surface area contributed by atoms with E-state index in [9.17, 15) is 9.59 Å². The number of amides is 2. The van der Waals surface area contributed by atoms with Crippen LogP contribution in [0.25, 0.3) is 0 Å². The SMILES string of the molecule is CC1(C)CCCN(C(=O)C2CCCN(C(=O)C3CC3)C2)CC1. The zero-order valence-corrected chi connectivity index (χ0v) is 14.1. The molecule has 0 bridgehead atoms. The van der Waals surface area contributed by atoms with E-state index in [2.05, 4.69) is 18.7 Å². The van der Waals surface area contributed by atoms with Gasteiger partial charge in [0.15, 0.2) is 0 Å². The standard InChI is InChI=1S/C18H30N2O2/c1-18(2)8-4-11-19(12-9-18)17(22)15-5-3-10-20(13-15)16(21)14-6-7-14/h14-15H,3-13H2,1-2H3. The second kappa shape index (κ2) is 6.21. The van der Waals surface area contributed by atoms with Crippen LogP contribution in [-0.2, 0) is 9.59 Å². The smallest absolute Gasteiger partial charge is 0.227 e. The minimum Gasteiger partial charge on any atom is -0.342 e. The summed E-state index contributed by atoms with van der Waals surface area (Å²) in [5, 5.41) is 0. The van der Waals surface area contributed by atoms with Crippen molar-refractivity contribution in [3.05, 3.63) is 0 Å². The Balaban J connectivity index is 1.58. The zero-order valence-electron chi connectivity index (χ0n) is 14.1. The van der Waals surface area contributed by atoms with E-state index in [1.807, 2.05) is 4.90 Å². The van der Waals surface area contributed by atoms with E-state index in [0.717, 1.165) is 58.2 Å². The van der Waals surface area contributed by atoms with E-state index in [1.165, 1.54) is 6.42 Å². The van der Waals surface area contributed by atoms with Crippen molar-refractivity contribution < 1.29 is 9.59 Å². The predicted octanol–water partition coefficient (Wildman–Crippen LogP) is 2.67. The molecule has 0 N–H and O–H groups in total. The Morgan fingerprint density at radius 2 is 1.50 bits per heavy atom. The van der Waals surface area contributed by atoms with Gasteiger partial charge in [0.2, 0.25) is 11.8 Å². The first-order valence-corrected chi connectivity index (χ1v) is 9.04. The van der Waals surface area contributed by atoms with E-state index < -0.39 is 0 Å². The summed E-state index contributed by atoms with van der Waals surface area (Å²) in [6.07, 6.45) is 7.44. The molecule has 2 aliphatic heterocycles. The maximum atomic E-state index is 12.9. The summed E-state index contributed by atoms with van der Waals surface area (Å²) >= 11 is 0. The van der Waals surface area contributed by atoms with Gasteiger partial charge in [-0.05, 0) is 50.4 Å². The highest BCUT2D eigenvalue weighted by Gasteiger charge is 2.38. The van der Waals surface area contributed by atoms with Gasteiger partial charge in [0.1, 0.15) is 0 Å². The minimum atomic E-state index is 0.0395. The highest BCUT2D eigenvalue weighted by atomic mass is 16.2. The average molecular weight is 306 g/mol. The number of nitrogens with zero attached hydrogens (tertiary/aromatic N) is 2. The molecule has 1 atom stereocenters. The topological polar surface area (TPSA) is 40.6 Å². The van der Waals surface area contributed by atoms with Crippen LogP contribution in [0.15, 0.2) is 0 Å². The van der Waals surface area contributed by atoms with E-state index >= 15 is 0 Å². The molecule has 124 valence electrons. The number of hydrogen-bond donors (Lipinski definition) is 0. The van der Waals surface area contributed by atoms with Gasteiger partial charge in [0, 0.05) is 32.1 Å². The second-order valence-corrected chi connectivity index (χ2v) is 8.24. The summed E-state index contributed by atoms with van der Waals surface area (Å²) in [7, 11) is 0. The Morgan fingerprint density at radius 1 is 0.818 bits per heavy atom. The molecule has 4 nitrogen and oxygen atoms in total. The molecule has 22 heavy (non-hydrogen) atoms. The van der Waals surface area contributed by atoms with Crippen molar-refractivity contribution in [2.24, 2.45) is 17.3 Å². The van der Waals surface area contributed by atoms with Crippen LogP contribution >= 0.6 is 0 Å². The summed E-state index contributed by atoms with van der Waals surface area (Å²) in [5.41, 5.74) is 0.357. The lowest BCUT2D eigenvalue weighted by Crippen LogP contribution is -2.47. The first kappa shape index (κ1) is 15.8.